The number of likely N-dealkylation sites (tertiary alicyclic amines) is 1. The standard InChI is InChI=1S/C21H21F2N3OS/c22-16-9-14(10-17(23)11-16)12-24-20(27)13-26-7-5-15(6-8-26)21-25-18-3-1-2-4-19(18)28-21/h1-4,9-11,15H,5-8,12-13H2,(H,24,27). The molecular formula is C21H21F2N3OS. The summed E-state index contributed by atoms with van der Waals surface area (Å²) in [7, 11) is 0. The van der Waals surface area contributed by atoms with Crippen molar-refractivity contribution in [2.45, 2.75) is 25.3 Å². The molecule has 1 aromatic heterocycles. The van der Waals surface area contributed by atoms with Gasteiger partial charge in [-0.3, -0.25) is 9.69 Å². The van der Waals surface area contributed by atoms with Crippen LogP contribution in [0.2, 0.25) is 0 Å². The summed E-state index contributed by atoms with van der Waals surface area (Å²) < 4.78 is 27.6. The van der Waals surface area contributed by atoms with Gasteiger partial charge in [-0.05, 0) is 55.8 Å². The Morgan fingerprint density at radius 2 is 1.86 bits per heavy atom. The van der Waals surface area contributed by atoms with E-state index in [1.165, 1.54) is 21.8 Å². The minimum atomic E-state index is -0.638. The summed E-state index contributed by atoms with van der Waals surface area (Å²) in [6.45, 7) is 2.09. The molecule has 4 rings (SSSR count). The third kappa shape index (κ3) is 4.54. The average molecular weight is 401 g/mol. The Kier molecular flexibility index (Phi) is 5.64. The van der Waals surface area contributed by atoms with Gasteiger partial charge in [-0.25, -0.2) is 13.8 Å². The maximum absolute atomic E-state index is 13.2. The largest absolute Gasteiger partial charge is 0.351 e. The van der Waals surface area contributed by atoms with Crippen LogP contribution in [0.3, 0.4) is 0 Å². The second-order valence-electron chi connectivity index (χ2n) is 7.12. The molecule has 146 valence electrons. The first-order valence-corrected chi connectivity index (χ1v) is 10.2. The predicted octanol–water partition coefficient (Wildman–Crippen LogP) is 4.07. The van der Waals surface area contributed by atoms with Crippen LogP contribution in [0.1, 0.15) is 29.3 Å². The molecule has 4 nitrogen and oxygen atoms in total. The summed E-state index contributed by atoms with van der Waals surface area (Å²) >= 11 is 1.76. The number of rotatable bonds is 5. The molecule has 1 aliphatic rings. The number of nitrogens with zero attached hydrogens (tertiary/aromatic N) is 2. The van der Waals surface area contributed by atoms with Crippen LogP contribution in [0.25, 0.3) is 10.2 Å². The highest BCUT2D eigenvalue weighted by molar-refractivity contribution is 7.18. The fourth-order valence-electron chi connectivity index (χ4n) is 3.58. The third-order valence-electron chi connectivity index (χ3n) is 5.03. The number of para-hydroxylation sites is 1. The first-order valence-electron chi connectivity index (χ1n) is 9.36. The lowest BCUT2D eigenvalue weighted by molar-refractivity contribution is -0.122. The number of aromatic nitrogens is 1. The van der Waals surface area contributed by atoms with E-state index in [0.717, 1.165) is 37.5 Å². The number of thiazole rings is 1. The van der Waals surface area contributed by atoms with Gasteiger partial charge in [-0.1, -0.05) is 12.1 Å². The minimum Gasteiger partial charge on any atom is -0.351 e. The fraction of sp³-hybridized carbons (Fsp3) is 0.333. The molecule has 1 saturated heterocycles. The van der Waals surface area contributed by atoms with Crippen molar-refractivity contribution in [3.8, 4) is 0 Å². The van der Waals surface area contributed by atoms with E-state index in [2.05, 4.69) is 16.3 Å². The van der Waals surface area contributed by atoms with Gasteiger partial charge in [-0.15, -0.1) is 11.3 Å². The number of hydrogen-bond donors (Lipinski definition) is 1. The number of carbonyl (C=O) groups excluding carboxylic acids is 1. The number of fused-ring (bicyclic) bond motifs is 1. The van der Waals surface area contributed by atoms with E-state index in [-0.39, 0.29) is 12.5 Å². The number of benzene rings is 2. The van der Waals surface area contributed by atoms with Gasteiger partial charge in [0.05, 0.1) is 21.8 Å². The summed E-state index contributed by atoms with van der Waals surface area (Å²) in [4.78, 5) is 19.0. The Morgan fingerprint density at radius 3 is 2.57 bits per heavy atom. The molecule has 2 aromatic carbocycles. The molecule has 1 amide bonds. The van der Waals surface area contributed by atoms with Crippen molar-refractivity contribution in [1.82, 2.24) is 15.2 Å². The Hall–Kier alpha value is -2.38. The summed E-state index contributed by atoms with van der Waals surface area (Å²) in [6, 6.07) is 11.5. The molecule has 0 unspecified atom stereocenters. The van der Waals surface area contributed by atoms with Crippen LogP contribution >= 0.6 is 11.3 Å². The number of halogens is 2. The van der Waals surface area contributed by atoms with Crippen molar-refractivity contribution < 1.29 is 13.6 Å². The zero-order valence-corrected chi connectivity index (χ0v) is 16.1. The fourth-order valence-corrected chi connectivity index (χ4v) is 4.71. The Balaban J connectivity index is 1.26. The highest BCUT2D eigenvalue weighted by Crippen LogP contribution is 2.33. The normalized spacial score (nSPS) is 15.8. The molecule has 1 aliphatic heterocycles. The van der Waals surface area contributed by atoms with Crippen LogP contribution < -0.4 is 5.32 Å². The third-order valence-corrected chi connectivity index (χ3v) is 6.23. The maximum Gasteiger partial charge on any atom is 0.234 e. The smallest absolute Gasteiger partial charge is 0.234 e. The molecule has 0 radical (unpaired) electrons. The zero-order valence-electron chi connectivity index (χ0n) is 15.3. The molecule has 7 heteroatoms. The Labute approximate surface area is 166 Å². The first-order chi connectivity index (χ1) is 13.6. The van der Waals surface area contributed by atoms with Crippen molar-refractivity contribution in [3.63, 3.8) is 0 Å². The van der Waals surface area contributed by atoms with Gasteiger partial charge < -0.3 is 5.32 Å². The predicted molar refractivity (Wildman–Crippen MR) is 106 cm³/mol. The molecule has 0 saturated carbocycles. The van der Waals surface area contributed by atoms with E-state index in [0.29, 0.717) is 18.0 Å². The van der Waals surface area contributed by atoms with E-state index in [1.54, 1.807) is 11.3 Å². The second kappa shape index (κ2) is 8.32. The van der Waals surface area contributed by atoms with Crippen LogP contribution in [-0.4, -0.2) is 35.4 Å². The molecular weight excluding hydrogens is 380 g/mol. The second-order valence-corrected chi connectivity index (χ2v) is 8.19. The van der Waals surface area contributed by atoms with Gasteiger partial charge in [0.25, 0.3) is 0 Å². The average Bonchev–Trinajstić information content (AvgIpc) is 3.10. The maximum atomic E-state index is 13.2. The van der Waals surface area contributed by atoms with E-state index in [1.807, 2.05) is 18.2 Å². The number of nitrogens with one attached hydrogen (secondary N) is 1. The first kappa shape index (κ1) is 19.0. The van der Waals surface area contributed by atoms with Crippen LogP contribution in [0.5, 0.6) is 0 Å². The summed E-state index contributed by atoms with van der Waals surface area (Å²) in [5.74, 6) is -0.975. The summed E-state index contributed by atoms with van der Waals surface area (Å²) in [6.07, 6.45) is 1.95. The SMILES string of the molecule is O=C(CN1CCC(c2nc3ccccc3s2)CC1)NCc1cc(F)cc(F)c1. The van der Waals surface area contributed by atoms with Crippen LogP contribution in [-0.2, 0) is 11.3 Å². The highest BCUT2D eigenvalue weighted by Gasteiger charge is 2.24. The monoisotopic (exact) mass is 401 g/mol. The highest BCUT2D eigenvalue weighted by atomic mass is 32.1. The van der Waals surface area contributed by atoms with Crippen molar-refractivity contribution in [2.24, 2.45) is 0 Å². The molecule has 2 heterocycles. The molecule has 0 aliphatic carbocycles. The minimum absolute atomic E-state index is 0.121. The molecule has 0 atom stereocenters. The van der Waals surface area contributed by atoms with E-state index >= 15 is 0 Å². The molecule has 0 spiro atoms. The zero-order chi connectivity index (χ0) is 19.5. The van der Waals surface area contributed by atoms with Crippen LogP contribution in [0.15, 0.2) is 42.5 Å². The molecule has 1 N–H and O–H groups in total. The number of amides is 1. The van der Waals surface area contributed by atoms with Crippen molar-refractivity contribution in [3.05, 3.63) is 64.7 Å². The van der Waals surface area contributed by atoms with Crippen LogP contribution in [0, 0.1) is 11.6 Å². The van der Waals surface area contributed by atoms with Crippen molar-refractivity contribution >= 4 is 27.5 Å². The van der Waals surface area contributed by atoms with Gasteiger partial charge in [0.15, 0.2) is 0 Å². The van der Waals surface area contributed by atoms with E-state index < -0.39 is 11.6 Å². The quantitative estimate of drug-likeness (QED) is 0.701. The Bertz CT molecular complexity index is 929. The van der Waals surface area contributed by atoms with Crippen molar-refractivity contribution in [2.75, 3.05) is 19.6 Å². The van der Waals surface area contributed by atoms with Crippen molar-refractivity contribution in [1.29, 1.82) is 0 Å². The summed E-state index contributed by atoms with van der Waals surface area (Å²) in [5, 5.41) is 3.92. The number of piperidine rings is 1. The van der Waals surface area contributed by atoms with Gasteiger partial charge in [0.1, 0.15) is 11.6 Å². The molecule has 3 aromatic rings. The Morgan fingerprint density at radius 1 is 1.14 bits per heavy atom. The lowest BCUT2D eigenvalue weighted by Gasteiger charge is -2.30. The summed E-state index contributed by atoms with van der Waals surface area (Å²) in [5.41, 5.74) is 1.47. The van der Waals surface area contributed by atoms with Gasteiger partial charge in [-0.2, -0.15) is 0 Å². The van der Waals surface area contributed by atoms with Gasteiger partial charge in [0, 0.05) is 18.5 Å². The molecule has 28 heavy (non-hydrogen) atoms. The lowest BCUT2D eigenvalue weighted by Crippen LogP contribution is -2.41. The van der Waals surface area contributed by atoms with Gasteiger partial charge in [0.2, 0.25) is 5.91 Å². The number of hydrogen-bond acceptors (Lipinski definition) is 4. The van der Waals surface area contributed by atoms with Gasteiger partial charge >= 0.3 is 0 Å². The lowest BCUT2D eigenvalue weighted by atomic mass is 9.97. The molecule has 1 fully saturated rings. The molecule has 0 bridgehead atoms. The van der Waals surface area contributed by atoms with Crippen LogP contribution in [0.4, 0.5) is 8.78 Å². The van der Waals surface area contributed by atoms with E-state index in [9.17, 15) is 13.6 Å². The number of carbonyl (C=O) groups is 1. The van der Waals surface area contributed by atoms with E-state index in [4.69, 9.17) is 4.98 Å². The topological polar surface area (TPSA) is 45.2 Å².